The molecule has 0 fully saturated rings. The summed E-state index contributed by atoms with van der Waals surface area (Å²) in [4.78, 5) is 0. The van der Waals surface area contributed by atoms with Gasteiger partial charge < -0.3 is 0 Å². The third-order valence-corrected chi connectivity index (χ3v) is 5.19. The first-order valence-electron chi connectivity index (χ1n) is 7.86. The van der Waals surface area contributed by atoms with Gasteiger partial charge in [0, 0.05) is 20.7 Å². The molecule has 0 unspecified atom stereocenters. The van der Waals surface area contributed by atoms with Gasteiger partial charge in [0.15, 0.2) is 0 Å². The molecule has 4 rings (SSSR count). The maximum absolute atomic E-state index is 5.99. The van der Waals surface area contributed by atoms with Gasteiger partial charge in [-0.3, -0.25) is 0 Å². The van der Waals surface area contributed by atoms with E-state index in [1.165, 1.54) is 0 Å². The van der Waals surface area contributed by atoms with Gasteiger partial charge in [0.05, 0.1) is 22.6 Å². The lowest BCUT2D eigenvalue weighted by Gasteiger charge is -2.08. The monoisotopic (exact) mass is 490 g/mol. The summed E-state index contributed by atoms with van der Waals surface area (Å²) in [6, 6.07) is 18.4. The zero-order valence-corrected chi connectivity index (χ0v) is 17.4. The summed E-state index contributed by atoms with van der Waals surface area (Å²) in [5.41, 5.74) is 4.07. The molecule has 0 aliphatic rings. The zero-order valence-electron chi connectivity index (χ0n) is 13.5. The van der Waals surface area contributed by atoms with Crippen LogP contribution in [0.4, 0.5) is 0 Å². The fourth-order valence-electron chi connectivity index (χ4n) is 2.69. The normalized spacial score (nSPS) is 11.0. The van der Waals surface area contributed by atoms with E-state index in [4.69, 9.17) is 16.7 Å². The summed E-state index contributed by atoms with van der Waals surface area (Å²) in [5.74, 6) is 0. The first-order chi connectivity index (χ1) is 12.6. The fourth-order valence-corrected chi connectivity index (χ4v) is 3.38. The molecule has 4 nitrogen and oxygen atoms in total. The highest BCUT2D eigenvalue weighted by Crippen LogP contribution is 2.28. The van der Waals surface area contributed by atoms with Gasteiger partial charge in [0.2, 0.25) is 0 Å². The summed E-state index contributed by atoms with van der Waals surface area (Å²) < 4.78 is 5.78. The van der Waals surface area contributed by atoms with Gasteiger partial charge in [-0.15, -0.1) is 0 Å². The second-order valence-corrected chi connectivity index (χ2v) is 8.04. The highest BCUT2D eigenvalue weighted by molar-refractivity contribution is 9.10. The Bertz CT molecular complexity index is 1040. The second kappa shape index (κ2) is 7.39. The third kappa shape index (κ3) is 3.77. The average Bonchev–Trinajstić information content (AvgIpc) is 3.23. The molecule has 0 atom stereocenters. The van der Waals surface area contributed by atoms with Crippen LogP contribution in [-0.2, 0) is 6.67 Å². The third-order valence-electron chi connectivity index (χ3n) is 3.94. The van der Waals surface area contributed by atoms with Crippen LogP contribution in [-0.4, -0.2) is 19.6 Å². The molecule has 4 aromatic rings. The summed E-state index contributed by atoms with van der Waals surface area (Å²) in [5, 5.41) is 9.67. The van der Waals surface area contributed by atoms with Crippen LogP contribution in [0.1, 0.15) is 0 Å². The lowest BCUT2D eigenvalue weighted by Crippen LogP contribution is -2.11. The van der Waals surface area contributed by atoms with Gasteiger partial charge in [-0.1, -0.05) is 67.7 Å². The van der Waals surface area contributed by atoms with E-state index in [1.54, 1.807) is 17.1 Å². The van der Waals surface area contributed by atoms with E-state index in [0.29, 0.717) is 11.7 Å². The standard InChI is InChI=1S/C19H13Br2ClN4/c20-15-5-1-13(2-6-15)18-9-19(14-3-7-16(21)8-4-14)26(24-18)12-25-11-17(22)10-23-25/h1-11H,12H2. The molecular weight excluding hydrogens is 479 g/mol. The van der Waals surface area contributed by atoms with E-state index >= 15 is 0 Å². The van der Waals surface area contributed by atoms with Gasteiger partial charge in [-0.05, 0) is 35.9 Å². The number of rotatable bonds is 4. The summed E-state index contributed by atoms with van der Waals surface area (Å²) in [7, 11) is 0. The van der Waals surface area contributed by atoms with Crippen LogP contribution < -0.4 is 0 Å². The first kappa shape index (κ1) is 17.5. The van der Waals surface area contributed by atoms with Crippen LogP contribution >= 0.6 is 43.5 Å². The van der Waals surface area contributed by atoms with Crippen LogP contribution in [0.15, 0.2) is 75.9 Å². The largest absolute Gasteiger partial charge is 0.250 e. The summed E-state index contributed by atoms with van der Waals surface area (Å²) in [6.07, 6.45) is 3.41. The number of hydrogen-bond acceptors (Lipinski definition) is 2. The smallest absolute Gasteiger partial charge is 0.133 e. The molecule has 0 amide bonds. The number of nitrogens with zero attached hydrogens (tertiary/aromatic N) is 4. The lowest BCUT2D eigenvalue weighted by atomic mass is 10.1. The molecule has 2 heterocycles. The molecule has 0 radical (unpaired) electrons. The van der Waals surface area contributed by atoms with Crippen molar-refractivity contribution in [2.75, 3.05) is 0 Å². The van der Waals surface area contributed by atoms with E-state index in [0.717, 1.165) is 31.5 Å². The highest BCUT2D eigenvalue weighted by Gasteiger charge is 2.12. The molecule has 0 saturated heterocycles. The van der Waals surface area contributed by atoms with E-state index in [1.807, 2.05) is 41.1 Å². The molecule has 26 heavy (non-hydrogen) atoms. The van der Waals surface area contributed by atoms with E-state index in [-0.39, 0.29) is 0 Å². The fraction of sp³-hybridized carbons (Fsp3) is 0.0526. The van der Waals surface area contributed by atoms with Crippen LogP contribution in [0.5, 0.6) is 0 Å². The lowest BCUT2D eigenvalue weighted by molar-refractivity contribution is 0.508. The zero-order chi connectivity index (χ0) is 18.1. The molecule has 0 spiro atoms. The Morgan fingerprint density at radius 1 is 0.885 bits per heavy atom. The maximum Gasteiger partial charge on any atom is 0.133 e. The van der Waals surface area contributed by atoms with Crippen LogP contribution in [0.3, 0.4) is 0 Å². The van der Waals surface area contributed by atoms with Crippen LogP contribution in [0.2, 0.25) is 5.02 Å². The Morgan fingerprint density at radius 2 is 1.50 bits per heavy atom. The van der Waals surface area contributed by atoms with Crippen molar-refractivity contribution >= 4 is 43.5 Å². The molecule has 0 saturated carbocycles. The molecule has 0 N–H and O–H groups in total. The van der Waals surface area contributed by atoms with Crippen molar-refractivity contribution in [1.82, 2.24) is 19.6 Å². The van der Waals surface area contributed by atoms with Crippen molar-refractivity contribution < 1.29 is 0 Å². The number of aromatic nitrogens is 4. The van der Waals surface area contributed by atoms with E-state index < -0.39 is 0 Å². The van der Waals surface area contributed by atoms with Crippen molar-refractivity contribution in [3.8, 4) is 22.5 Å². The molecule has 0 aliphatic carbocycles. The van der Waals surface area contributed by atoms with Gasteiger partial charge in [-0.2, -0.15) is 10.2 Å². The molecule has 7 heteroatoms. The second-order valence-electron chi connectivity index (χ2n) is 5.77. The van der Waals surface area contributed by atoms with Crippen molar-refractivity contribution in [3.05, 3.63) is 81.0 Å². The predicted molar refractivity (Wildman–Crippen MR) is 111 cm³/mol. The summed E-state index contributed by atoms with van der Waals surface area (Å²) in [6.45, 7) is 0.481. The van der Waals surface area contributed by atoms with Crippen molar-refractivity contribution in [2.24, 2.45) is 0 Å². The Morgan fingerprint density at radius 3 is 2.08 bits per heavy atom. The van der Waals surface area contributed by atoms with Crippen LogP contribution in [0.25, 0.3) is 22.5 Å². The van der Waals surface area contributed by atoms with Crippen molar-refractivity contribution in [1.29, 1.82) is 0 Å². The number of benzene rings is 2. The van der Waals surface area contributed by atoms with Gasteiger partial charge in [-0.25, -0.2) is 9.36 Å². The minimum Gasteiger partial charge on any atom is -0.250 e. The van der Waals surface area contributed by atoms with Gasteiger partial charge in [0.1, 0.15) is 6.67 Å². The van der Waals surface area contributed by atoms with Crippen molar-refractivity contribution in [3.63, 3.8) is 0 Å². The van der Waals surface area contributed by atoms with Gasteiger partial charge >= 0.3 is 0 Å². The summed E-state index contributed by atoms with van der Waals surface area (Å²) >= 11 is 13.0. The minimum atomic E-state index is 0.481. The van der Waals surface area contributed by atoms with Crippen molar-refractivity contribution in [2.45, 2.75) is 6.67 Å². The molecule has 2 aromatic heterocycles. The Balaban J connectivity index is 1.78. The minimum absolute atomic E-state index is 0.481. The molecule has 0 bridgehead atoms. The molecule has 130 valence electrons. The van der Waals surface area contributed by atoms with E-state index in [2.05, 4.69) is 55.2 Å². The highest BCUT2D eigenvalue weighted by atomic mass is 79.9. The van der Waals surface area contributed by atoms with Gasteiger partial charge in [0.25, 0.3) is 0 Å². The molecule has 0 aliphatic heterocycles. The number of halogens is 3. The van der Waals surface area contributed by atoms with Crippen LogP contribution in [0, 0.1) is 0 Å². The topological polar surface area (TPSA) is 35.6 Å². The Labute approximate surface area is 172 Å². The maximum atomic E-state index is 5.99. The molecule has 2 aromatic carbocycles. The average molecular weight is 493 g/mol. The molecular formula is C19H13Br2ClN4. The Hall–Kier alpha value is -1.89. The number of hydrogen-bond donors (Lipinski definition) is 0. The van der Waals surface area contributed by atoms with E-state index in [9.17, 15) is 0 Å². The SMILES string of the molecule is Clc1cnn(Cn2nc(-c3ccc(Br)cc3)cc2-c2ccc(Br)cc2)c1. The Kier molecular flexibility index (Phi) is 4.98. The first-order valence-corrected chi connectivity index (χ1v) is 9.82. The predicted octanol–water partition coefficient (Wildman–Crippen LogP) is 6.10. The quantitative estimate of drug-likeness (QED) is 0.345.